The third-order valence-electron chi connectivity index (χ3n) is 10.9. The largest absolute Gasteiger partial charge is 0.381 e. The molecule has 2 saturated heterocycles. The standard InChI is InChI=1S/C42H57FN8O3/c1-5-38-36(41(46-33-15-21-54-22-16-33)35-25-45-51(6-2)42(35)47-38)28-50(40(53)12-8-11-39(44)52)27-31-13-14-37(43)34(24-31)32-10-7-9-30(23-32)26-48-17-19-49(20-18-48)29(3)4/h7,9-10,13-14,23-25,29,33H,5-6,8,11-12,15-22,26-28H2,1-4H3,(H2,44,52)(H,46,47). The highest BCUT2D eigenvalue weighted by Gasteiger charge is 2.26. The number of nitrogens with one attached hydrogen (secondary N) is 1. The van der Waals surface area contributed by atoms with Crippen LogP contribution in [0.15, 0.2) is 48.7 Å². The number of benzene rings is 2. The van der Waals surface area contributed by atoms with Crippen molar-refractivity contribution in [3.63, 3.8) is 0 Å². The van der Waals surface area contributed by atoms with E-state index in [4.69, 9.17) is 15.5 Å². The van der Waals surface area contributed by atoms with Gasteiger partial charge in [-0.05, 0) is 81.3 Å². The number of halogens is 1. The van der Waals surface area contributed by atoms with Crippen LogP contribution < -0.4 is 11.1 Å². The number of hydrogen-bond donors (Lipinski definition) is 2. The quantitative estimate of drug-likeness (QED) is 0.141. The van der Waals surface area contributed by atoms with Crippen molar-refractivity contribution in [3.8, 4) is 11.1 Å². The number of rotatable bonds is 16. The van der Waals surface area contributed by atoms with E-state index in [1.165, 1.54) is 6.07 Å². The molecular weight excluding hydrogens is 684 g/mol. The molecule has 4 heterocycles. The molecule has 2 aromatic carbocycles. The van der Waals surface area contributed by atoms with Crippen molar-refractivity contribution in [3.05, 3.63) is 76.9 Å². The number of aryl methyl sites for hydroxylation is 2. The average molecular weight is 741 g/mol. The number of pyridine rings is 1. The Morgan fingerprint density at radius 1 is 1.02 bits per heavy atom. The van der Waals surface area contributed by atoms with Gasteiger partial charge in [0.1, 0.15) is 5.82 Å². The molecular formula is C42H57FN8O3. The minimum Gasteiger partial charge on any atom is -0.381 e. The van der Waals surface area contributed by atoms with Gasteiger partial charge >= 0.3 is 0 Å². The third kappa shape index (κ3) is 9.64. The van der Waals surface area contributed by atoms with Gasteiger partial charge in [0.25, 0.3) is 0 Å². The number of carbonyl (C=O) groups excluding carboxylic acids is 2. The van der Waals surface area contributed by atoms with E-state index in [1.807, 2.05) is 40.9 Å². The van der Waals surface area contributed by atoms with Crippen LogP contribution in [-0.2, 0) is 46.9 Å². The molecule has 2 amide bonds. The zero-order valence-electron chi connectivity index (χ0n) is 32.5. The lowest BCUT2D eigenvalue weighted by atomic mass is 9.99. The fourth-order valence-electron chi connectivity index (χ4n) is 7.72. The van der Waals surface area contributed by atoms with E-state index in [0.29, 0.717) is 44.2 Å². The van der Waals surface area contributed by atoms with Gasteiger partial charge in [-0.2, -0.15) is 5.10 Å². The molecule has 54 heavy (non-hydrogen) atoms. The zero-order valence-corrected chi connectivity index (χ0v) is 32.5. The molecule has 0 atom stereocenters. The molecule has 2 aliphatic heterocycles. The molecule has 11 nitrogen and oxygen atoms in total. The van der Waals surface area contributed by atoms with Gasteiger partial charge in [0.05, 0.1) is 17.3 Å². The van der Waals surface area contributed by atoms with Crippen molar-refractivity contribution < 1.29 is 18.7 Å². The van der Waals surface area contributed by atoms with Crippen molar-refractivity contribution >= 4 is 28.5 Å². The summed E-state index contributed by atoms with van der Waals surface area (Å²) in [6.45, 7) is 16.1. The minimum absolute atomic E-state index is 0.106. The summed E-state index contributed by atoms with van der Waals surface area (Å²) in [5.41, 5.74) is 12.3. The predicted molar refractivity (Wildman–Crippen MR) is 211 cm³/mol. The van der Waals surface area contributed by atoms with Crippen LogP contribution in [0.3, 0.4) is 0 Å². The second kappa shape index (κ2) is 18.3. The summed E-state index contributed by atoms with van der Waals surface area (Å²) in [6, 6.07) is 14.0. The van der Waals surface area contributed by atoms with E-state index in [-0.39, 0.29) is 43.7 Å². The molecule has 6 rings (SSSR count). The number of amides is 2. The number of aromatic nitrogens is 3. The topological polar surface area (TPSA) is 122 Å². The average Bonchev–Trinajstić information content (AvgIpc) is 3.59. The number of anilines is 1. The molecule has 0 unspecified atom stereocenters. The molecule has 2 aromatic heterocycles. The first kappa shape index (κ1) is 39.3. The Balaban J connectivity index is 1.30. The monoisotopic (exact) mass is 740 g/mol. The Labute approximate surface area is 319 Å². The molecule has 4 aromatic rings. The van der Waals surface area contributed by atoms with E-state index in [0.717, 1.165) is 90.2 Å². The second-order valence-corrected chi connectivity index (χ2v) is 15.0. The summed E-state index contributed by atoms with van der Waals surface area (Å²) in [5, 5.41) is 9.38. The fourth-order valence-corrected chi connectivity index (χ4v) is 7.72. The maximum Gasteiger partial charge on any atom is 0.223 e. The summed E-state index contributed by atoms with van der Waals surface area (Å²) >= 11 is 0. The Bertz CT molecular complexity index is 1900. The number of piperazine rings is 1. The second-order valence-electron chi connectivity index (χ2n) is 15.0. The number of ether oxygens (including phenoxy) is 1. The molecule has 3 N–H and O–H groups in total. The van der Waals surface area contributed by atoms with Crippen molar-refractivity contribution in [1.29, 1.82) is 0 Å². The van der Waals surface area contributed by atoms with Crippen LogP contribution in [0.5, 0.6) is 0 Å². The number of carbonyl (C=O) groups is 2. The Hall–Kier alpha value is -4.39. The van der Waals surface area contributed by atoms with Crippen molar-refractivity contribution in [2.24, 2.45) is 5.73 Å². The maximum absolute atomic E-state index is 15.6. The lowest BCUT2D eigenvalue weighted by Crippen LogP contribution is -2.48. The van der Waals surface area contributed by atoms with E-state index in [1.54, 1.807) is 6.07 Å². The van der Waals surface area contributed by atoms with Crippen molar-refractivity contribution in [1.82, 2.24) is 29.5 Å². The summed E-state index contributed by atoms with van der Waals surface area (Å²) in [6.07, 6.45) is 4.92. The third-order valence-corrected chi connectivity index (χ3v) is 10.9. The van der Waals surface area contributed by atoms with Crippen LogP contribution >= 0.6 is 0 Å². The number of nitrogens with two attached hydrogens (primary N) is 1. The summed E-state index contributed by atoms with van der Waals surface area (Å²) in [4.78, 5) is 37.5. The number of hydrogen-bond acceptors (Lipinski definition) is 8. The van der Waals surface area contributed by atoms with Gasteiger partial charge in [-0.15, -0.1) is 0 Å². The summed E-state index contributed by atoms with van der Waals surface area (Å²) in [7, 11) is 0. The van der Waals surface area contributed by atoms with E-state index in [2.05, 4.69) is 53.1 Å². The van der Waals surface area contributed by atoms with Gasteiger partial charge in [0, 0.05) is 107 Å². The fraction of sp³-hybridized carbons (Fsp3) is 0.524. The van der Waals surface area contributed by atoms with E-state index in [9.17, 15) is 9.59 Å². The zero-order chi connectivity index (χ0) is 38.2. The first-order valence-electron chi connectivity index (χ1n) is 19.7. The molecule has 0 bridgehead atoms. The molecule has 2 aliphatic rings. The Morgan fingerprint density at radius 3 is 2.50 bits per heavy atom. The van der Waals surface area contributed by atoms with Crippen molar-refractivity contribution in [2.75, 3.05) is 44.7 Å². The number of fused-ring (bicyclic) bond motifs is 1. The summed E-state index contributed by atoms with van der Waals surface area (Å²) in [5.74, 6) is -0.846. The molecule has 0 saturated carbocycles. The predicted octanol–water partition coefficient (Wildman–Crippen LogP) is 6.12. The molecule has 2 fully saturated rings. The highest BCUT2D eigenvalue weighted by molar-refractivity contribution is 5.92. The maximum atomic E-state index is 15.6. The minimum atomic E-state index is -0.434. The van der Waals surface area contributed by atoms with Crippen LogP contribution in [0.2, 0.25) is 0 Å². The first-order chi connectivity index (χ1) is 26.1. The smallest absolute Gasteiger partial charge is 0.223 e. The van der Waals surface area contributed by atoms with E-state index >= 15 is 4.39 Å². The van der Waals surface area contributed by atoms with Crippen LogP contribution in [-0.4, -0.2) is 92.8 Å². The van der Waals surface area contributed by atoms with E-state index < -0.39 is 5.91 Å². The Morgan fingerprint density at radius 2 is 1.80 bits per heavy atom. The molecule has 12 heteroatoms. The van der Waals surface area contributed by atoms with Gasteiger partial charge in [-0.3, -0.25) is 19.4 Å². The number of nitrogens with zero attached hydrogens (tertiary/aromatic N) is 6. The van der Waals surface area contributed by atoms with Gasteiger partial charge in [0.2, 0.25) is 11.8 Å². The lowest BCUT2D eigenvalue weighted by Gasteiger charge is -2.37. The van der Waals surface area contributed by atoms with Crippen LogP contribution in [0, 0.1) is 5.82 Å². The highest BCUT2D eigenvalue weighted by Crippen LogP contribution is 2.33. The van der Waals surface area contributed by atoms with Crippen LogP contribution in [0.4, 0.5) is 10.1 Å². The lowest BCUT2D eigenvalue weighted by molar-refractivity contribution is -0.132. The highest BCUT2D eigenvalue weighted by atomic mass is 19.1. The Kier molecular flexibility index (Phi) is 13.3. The van der Waals surface area contributed by atoms with Crippen LogP contribution in [0.1, 0.15) is 82.2 Å². The SMILES string of the molecule is CCc1nc2c(cnn2CC)c(NC2CCOCC2)c1CN(Cc1ccc(F)c(-c2cccc(CN3CCN(C(C)C)CC3)c2)c1)C(=O)CCCC(N)=O. The van der Waals surface area contributed by atoms with Gasteiger partial charge in [0.15, 0.2) is 5.65 Å². The molecule has 290 valence electrons. The molecule has 0 aliphatic carbocycles. The summed E-state index contributed by atoms with van der Waals surface area (Å²) < 4.78 is 23.2. The molecule has 0 spiro atoms. The van der Waals surface area contributed by atoms with Crippen molar-refractivity contribution in [2.45, 2.75) is 104 Å². The molecule has 0 radical (unpaired) electrons. The van der Waals surface area contributed by atoms with Crippen LogP contribution in [0.25, 0.3) is 22.2 Å². The van der Waals surface area contributed by atoms with Gasteiger partial charge < -0.3 is 20.7 Å². The first-order valence-corrected chi connectivity index (χ1v) is 19.7. The normalized spacial score (nSPS) is 16.0. The number of primary amides is 1. The van der Waals surface area contributed by atoms with Gasteiger partial charge in [-0.25, -0.2) is 14.1 Å². The van der Waals surface area contributed by atoms with Gasteiger partial charge in [-0.1, -0.05) is 31.2 Å².